The Labute approximate surface area is 86.5 Å². The van der Waals surface area contributed by atoms with Gasteiger partial charge in [-0.3, -0.25) is 0 Å². The van der Waals surface area contributed by atoms with E-state index in [9.17, 15) is 4.79 Å². The second-order valence-corrected chi connectivity index (χ2v) is 4.21. The lowest BCUT2D eigenvalue weighted by Gasteiger charge is -1.97. The van der Waals surface area contributed by atoms with Gasteiger partial charge in [-0.2, -0.15) is 0 Å². The van der Waals surface area contributed by atoms with E-state index in [1.807, 2.05) is 6.92 Å². The molecule has 0 amide bonds. The van der Waals surface area contributed by atoms with E-state index in [-0.39, 0.29) is 5.97 Å². The summed E-state index contributed by atoms with van der Waals surface area (Å²) >= 11 is 7.31. The quantitative estimate of drug-likeness (QED) is 0.729. The van der Waals surface area contributed by atoms with Crippen LogP contribution in [0.3, 0.4) is 0 Å². The lowest BCUT2D eigenvalue weighted by molar-refractivity contribution is 0.0527. The predicted molar refractivity (Wildman–Crippen MR) is 54.7 cm³/mol. The number of hydrogen-bond acceptors (Lipinski definition) is 3. The van der Waals surface area contributed by atoms with Crippen LogP contribution in [0.25, 0.3) is 0 Å². The van der Waals surface area contributed by atoms with Crippen LogP contribution in [-0.2, 0) is 11.2 Å². The lowest BCUT2D eigenvalue weighted by atomic mass is 10.3. The minimum atomic E-state index is -0.330. The Morgan fingerprint density at radius 3 is 2.77 bits per heavy atom. The van der Waals surface area contributed by atoms with Crippen molar-refractivity contribution in [3.8, 4) is 0 Å². The monoisotopic (exact) mass is 218 g/mol. The van der Waals surface area contributed by atoms with E-state index in [0.717, 1.165) is 11.3 Å². The van der Waals surface area contributed by atoms with Crippen molar-refractivity contribution in [1.82, 2.24) is 0 Å². The number of rotatable bonds is 3. The maximum absolute atomic E-state index is 11.3. The standard InChI is InChI=1S/C9H11ClO2S/c1-3-6-5-7(8(10)13-6)9(11)12-4-2/h5H,3-4H2,1-2H3. The normalized spacial score (nSPS) is 10.1. The van der Waals surface area contributed by atoms with E-state index in [1.165, 1.54) is 11.3 Å². The van der Waals surface area contributed by atoms with Gasteiger partial charge in [0, 0.05) is 4.88 Å². The lowest BCUT2D eigenvalue weighted by Crippen LogP contribution is -2.03. The Morgan fingerprint density at radius 2 is 2.31 bits per heavy atom. The van der Waals surface area contributed by atoms with Crippen molar-refractivity contribution < 1.29 is 9.53 Å². The first kappa shape index (κ1) is 10.5. The van der Waals surface area contributed by atoms with Gasteiger partial charge in [-0.15, -0.1) is 11.3 Å². The molecule has 0 saturated carbocycles. The molecule has 0 radical (unpaired) electrons. The summed E-state index contributed by atoms with van der Waals surface area (Å²) in [5.41, 5.74) is 0.491. The van der Waals surface area contributed by atoms with Gasteiger partial charge in [0.1, 0.15) is 4.34 Å². The molecule has 4 heteroatoms. The highest BCUT2D eigenvalue weighted by Crippen LogP contribution is 2.28. The van der Waals surface area contributed by atoms with Crippen molar-refractivity contribution >= 4 is 28.9 Å². The van der Waals surface area contributed by atoms with Crippen LogP contribution in [0.1, 0.15) is 29.1 Å². The zero-order valence-corrected chi connectivity index (χ0v) is 9.17. The third kappa shape index (κ3) is 2.45. The minimum absolute atomic E-state index is 0.330. The summed E-state index contributed by atoms with van der Waals surface area (Å²) in [6, 6.07) is 1.80. The van der Waals surface area contributed by atoms with Crippen LogP contribution in [0.2, 0.25) is 4.34 Å². The maximum Gasteiger partial charge on any atom is 0.340 e. The van der Waals surface area contributed by atoms with Crippen molar-refractivity contribution in [1.29, 1.82) is 0 Å². The molecule has 1 heterocycles. The van der Waals surface area contributed by atoms with Gasteiger partial charge in [-0.05, 0) is 19.4 Å². The van der Waals surface area contributed by atoms with Crippen molar-refractivity contribution in [3.63, 3.8) is 0 Å². The van der Waals surface area contributed by atoms with Crippen LogP contribution in [-0.4, -0.2) is 12.6 Å². The molecule has 0 N–H and O–H groups in total. The molecule has 0 aromatic carbocycles. The van der Waals surface area contributed by atoms with Crippen molar-refractivity contribution in [3.05, 3.63) is 20.8 Å². The molecular formula is C9H11ClO2S. The van der Waals surface area contributed by atoms with E-state index < -0.39 is 0 Å². The van der Waals surface area contributed by atoms with Crippen LogP contribution in [0, 0.1) is 0 Å². The molecular weight excluding hydrogens is 208 g/mol. The van der Waals surface area contributed by atoms with Gasteiger partial charge < -0.3 is 4.74 Å². The van der Waals surface area contributed by atoms with Gasteiger partial charge in [-0.1, -0.05) is 18.5 Å². The Kier molecular flexibility index (Phi) is 3.75. The van der Waals surface area contributed by atoms with Gasteiger partial charge in [0.05, 0.1) is 12.2 Å². The number of hydrogen-bond donors (Lipinski definition) is 0. The Hall–Kier alpha value is -0.540. The van der Waals surface area contributed by atoms with Gasteiger partial charge in [0.2, 0.25) is 0 Å². The average Bonchev–Trinajstić information content (AvgIpc) is 2.47. The first-order chi connectivity index (χ1) is 6.19. The van der Waals surface area contributed by atoms with Gasteiger partial charge in [0.25, 0.3) is 0 Å². The van der Waals surface area contributed by atoms with E-state index >= 15 is 0 Å². The molecule has 0 saturated heterocycles. The molecule has 0 fully saturated rings. The van der Waals surface area contributed by atoms with E-state index in [1.54, 1.807) is 13.0 Å². The molecule has 0 aliphatic carbocycles. The summed E-state index contributed by atoms with van der Waals surface area (Å²) < 4.78 is 5.37. The smallest absolute Gasteiger partial charge is 0.340 e. The fraction of sp³-hybridized carbons (Fsp3) is 0.444. The zero-order chi connectivity index (χ0) is 9.84. The topological polar surface area (TPSA) is 26.3 Å². The minimum Gasteiger partial charge on any atom is -0.462 e. The highest BCUT2D eigenvalue weighted by molar-refractivity contribution is 7.16. The summed E-state index contributed by atoms with van der Waals surface area (Å²) in [5, 5.41) is 0. The Bertz CT molecular complexity index is 307. The third-order valence-corrected chi connectivity index (χ3v) is 3.08. The Balaban J connectivity index is 2.87. The molecule has 1 rings (SSSR count). The van der Waals surface area contributed by atoms with Crippen LogP contribution in [0.4, 0.5) is 0 Å². The summed E-state index contributed by atoms with van der Waals surface area (Å²) in [4.78, 5) is 12.4. The number of aryl methyl sites for hydroxylation is 1. The van der Waals surface area contributed by atoms with Crippen LogP contribution >= 0.6 is 22.9 Å². The number of thiophene rings is 1. The molecule has 72 valence electrons. The predicted octanol–water partition coefficient (Wildman–Crippen LogP) is 3.14. The fourth-order valence-corrected chi connectivity index (χ4v) is 2.17. The second kappa shape index (κ2) is 4.63. The van der Waals surface area contributed by atoms with Crippen molar-refractivity contribution in [2.24, 2.45) is 0 Å². The first-order valence-electron chi connectivity index (χ1n) is 4.14. The summed E-state index contributed by atoms with van der Waals surface area (Å²) in [7, 11) is 0. The molecule has 0 unspecified atom stereocenters. The van der Waals surface area contributed by atoms with Crippen molar-refractivity contribution in [2.45, 2.75) is 20.3 Å². The highest BCUT2D eigenvalue weighted by atomic mass is 35.5. The number of ether oxygens (including phenoxy) is 1. The van der Waals surface area contributed by atoms with Gasteiger partial charge >= 0.3 is 5.97 Å². The zero-order valence-electron chi connectivity index (χ0n) is 7.59. The fourth-order valence-electron chi connectivity index (χ4n) is 0.940. The third-order valence-electron chi connectivity index (χ3n) is 1.58. The molecule has 0 spiro atoms. The number of halogens is 1. The van der Waals surface area contributed by atoms with Crippen molar-refractivity contribution in [2.75, 3.05) is 6.61 Å². The number of esters is 1. The number of carbonyl (C=O) groups is 1. The van der Waals surface area contributed by atoms with E-state index in [4.69, 9.17) is 16.3 Å². The Morgan fingerprint density at radius 1 is 1.62 bits per heavy atom. The van der Waals surface area contributed by atoms with E-state index in [0.29, 0.717) is 16.5 Å². The largest absolute Gasteiger partial charge is 0.462 e. The summed E-state index contributed by atoms with van der Waals surface area (Å²) in [6.07, 6.45) is 0.893. The maximum atomic E-state index is 11.3. The average molecular weight is 219 g/mol. The van der Waals surface area contributed by atoms with Crippen LogP contribution < -0.4 is 0 Å². The second-order valence-electron chi connectivity index (χ2n) is 2.47. The van der Waals surface area contributed by atoms with Crippen LogP contribution in [0.5, 0.6) is 0 Å². The molecule has 1 aromatic heterocycles. The summed E-state index contributed by atoms with van der Waals surface area (Å²) in [5.74, 6) is -0.330. The molecule has 0 bridgehead atoms. The van der Waals surface area contributed by atoms with E-state index in [2.05, 4.69) is 0 Å². The van der Waals surface area contributed by atoms with Gasteiger partial charge in [0.15, 0.2) is 0 Å². The first-order valence-corrected chi connectivity index (χ1v) is 5.33. The molecule has 0 aliphatic rings. The molecule has 0 aliphatic heterocycles. The highest BCUT2D eigenvalue weighted by Gasteiger charge is 2.14. The van der Waals surface area contributed by atoms with Gasteiger partial charge in [-0.25, -0.2) is 4.79 Å². The van der Waals surface area contributed by atoms with Crippen LogP contribution in [0.15, 0.2) is 6.07 Å². The molecule has 0 atom stereocenters. The molecule has 1 aromatic rings. The summed E-state index contributed by atoms with van der Waals surface area (Å²) in [6.45, 7) is 4.18. The SMILES string of the molecule is CCOC(=O)c1cc(CC)sc1Cl. The molecule has 2 nitrogen and oxygen atoms in total. The molecule has 13 heavy (non-hydrogen) atoms. The number of carbonyl (C=O) groups excluding carboxylic acids is 1.